The molecule has 1 saturated heterocycles. The number of nitrogens with one attached hydrogen (secondary N) is 1. The number of rotatable bonds is 6. The molecular weight excluding hydrogens is 306 g/mol. The third kappa shape index (κ3) is 3.12. The molecule has 1 aromatic rings. The van der Waals surface area contributed by atoms with Gasteiger partial charge in [-0.25, -0.2) is 4.79 Å². The molecule has 1 heterocycles. The van der Waals surface area contributed by atoms with Crippen molar-refractivity contribution in [1.29, 1.82) is 0 Å². The van der Waals surface area contributed by atoms with Crippen molar-refractivity contribution < 1.29 is 24.4 Å². The summed E-state index contributed by atoms with van der Waals surface area (Å²) in [6.07, 6.45) is 0.0101. The zero-order valence-electron chi connectivity index (χ0n) is 12.3. The fourth-order valence-electron chi connectivity index (χ4n) is 2.40. The molecule has 2 rings (SSSR count). The Morgan fingerprint density at radius 3 is 2.48 bits per heavy atom. The minimum absolute atomic E-state index is 0.000458. The lowest BCUT2D eigenvalue weighted by Crippen LogP contribution is -2.41. The Morgan fingerprint density at radius 1 is 1.35 bits per heavy atom. The minimum atomic E-state index is -1.32. The molecule has 3 amide bonds. The minimum Gasteiger partial charge on any atom is -0.481 e. The van der Waals surface area contributed by atoms with Gasteiger partial charge in [0.05, 0.1) is 4.92 Å². The molecule has 1 atom stereocenters. The van der Waals surface area contributed by atoms with E-state index in [0.717, 1.165) is 4.90 Å². The molecule has 9 heteroatoms. The van der Waals surface area contributed by atoms with E-state index < -0.39 is 28.4 Å². The van der Waals surface area contributed by atoms with Crippen molar-refractivity contribution in [2.75, 3.05) is 6.54 Å². The van der Waals surface area contributed by atoms with Crippen LogP contribution in [0.25, 0.3) is 0 Å². The Morgan fingerprint density at radius 2 is 1.96 bits per heavy atom. The van der Waals surface area contributed by atoms with Crippen LogP contribution >= 0.6 is 0 Å². The highest BCUT2D eigenvalue weighted by Crippen LogP contribution is 2.30. The molecule has 23 heavy (non-hydrogen) atoms. The van der Waals surface area contributed by atoms with Crippen LogP contribution < -0.4 is 5.32 Å². The summed E-state index contributed by atoms with van der Waals surface area (Å²) < 4.78 is 0. The molecule has 0 radical (unpaired) electrons. The SMILES string of the molecule is CC1(c2ccc([N+](=O)[O-])cc2)NC(=O)N(CCCC(=O)O)C1=O. The van der Waals surface area contributed by atoms with E-state index in [9.17, 15) is 24.5 Å². The molecule has 2 N–H and O–H groups in total. The van der Waals surface area contributed by atoms with E-state index in [4.69, 9.17) is 5.11 Å². The van der Waals surface area contributed by atoms with E-state index in [-0.39, 0.29) is 25.1 Å². The van der Waals surface area contributed by atoms with Crippen molar-refractivity contribution in [2.45, 2.75) is 25.3 Å². The summed E-state index contributed by atoms with van der Waals surface area (Å²) in [5, 5.41) is 21.8. The average Bonchev–Trinajstić information content (AvgIpc) is 2.71. The van der Waals surface area contributed by atoms with Crippen LogP contribution in [0.1, 0.15) is 25.3 Å². The van der Waals surface area contributed by atoms with Crippen LogP contribution in [-0.4, -0.2) is 39.4 Å². The number of amides is 3. The summed E-state index contributed by atoms with van der Waals surface area (Å²) in [5.74, 6) is -1.52. The highest BCUT2D eigenvalue weighted by Gasteiger charge is 2.48. The highest BCUT2D eigenvalue weighted by atomic mass is 16.6. The lowest BCUT2D eigenvalue weighted by Gasteiger charge is -2.22. The van der Waals surface area contributed by atoms with Gasteiger partial charge in [-0.15, -0.1) is 0 Å². The molecule has 1 fully saturated rings. The van der Waals surface area contributed by atoms with E-state index in [1.165, 1.54) is 31.2 Å². The number of benzene rings is 1. The maximum Gasteiger partial charge on any atom is 0.325 e. The molecule has 1 aromatic carbocycles. The topological polar surface area (TPSA) is 130 Å². The number of carboxylic acid groups (broad SMARTS) is 1. The zero-order valence-corrected chi connectivity index (χ0v) is 12.3. The normalized spacial score (nSPS) is 20.5. The number of urea groups is 1. The van der Waals surface area contributed by atoms with E-state index in [0.29, 0.717) is 5.56 Å². The van der Waals surface area contributed by atoms with Gasteiger partial charge in [-0.1, -0.05) is 0 Å². The maximum atomic E-state index is 12.5. The van der Waals surface area contributed by atoms with Gasteiger partial charge < -0.3 is 10.4 Å². The second-order valence-corrected chi connectivity index (χ2v) is 5.31. The largest absolute Gasteiger partial charge is 0.481 e. The first kappa shape index (κ1) is 16.4. The molecule has 0 bridgehead atoms. The van der Waals surface area contributed by atoms with Crippen LogP contribution in [0, 0.1) is 10.1 Å². The summed E-state index contributed by atoms with van der Waals surface area (Å²) in [6, 6.07) is 4.73. The molecule has 1 aliphatic heterocycles. The molecule has 1 unspecified atom stereocenters. The number of carboxylic acids is 1. The van der Waals surface area contributed by atoms with Crippen molar-refractivity contribution in [1.82, 2.24) is 10.2 Å². The molecule has 0 aromatic heterocycles. The summed E-state index contributed by atoms with van der Waals surface area (Å²) >= 11 is 0. The molecule has 122 valence electrons. The van der Waals surface area contributed by atoms with Gasteiger partial charge in [0.25, 0.3) is 11.6 Å². The van der Waals surface area contributed by atoms with E-state index in [2.05, 4.69) is 5.32 Å². The molecule has 0 saturated carbocycles. The maximum absolute atomic E-state index is 12.5. The van der Waals surface area contributed by atoms with Crippen LogP contribution in [0.2, 0.25) is 0 Å². The van der Waals surface area contributed by atoms with Gasteiger partial charge >= 0.3 is 12.0 Å². The molecule has 0 aliphatic carbocycles. The number of nitrogens with zero attached hydrogens (tertiary/aromatic N) is 2. The van der Waals surface area contributed by atoms with Crippen LogP contribution in [-0.2, 0) is 15.1 Å². The van der Waals surface area contributed by atoms with E-state index >= 15 is 0 Å². The van der Waals surface area contributed by atoms with Crippen LogP contribution in [0.4, 0.5) is 10.5 Å². The van der Waals surface area contributed by atoms with Gasteiger partial charge in [-0.05, 0) is 31.0 Å². The first-order valence-electron chi connectivity index (χ1n) is 6.86. The lowest BCUT2D eigenvalue weighted by molar-refractivity contribution is -0.384. The molecular formula is C14H15N3O6. The van der Waals surface area contributed by atoms with Gasteiger partial charge in [-0.3, -0.25) is 24.6 Å². The number of carbonyl (C=O) groups is 3. The number of hydrogen-bond acceptors (Lipinski definition) is 5. The quantitative estimate of drug-likeness (QED) is 0.460. The average molecular weight is 321 g/mol. The lowest BCUT2D eigenvalue weighted by atomic mass is 9.92. The van der Waals surface area contributed by atoms with Crippen LogP contribution in [0.5, 0.6) is 0 Å². The van der Waals surface area contributed by atoms with Gasteiger partial charge in [0.2, 0.25) is 0 Å². The molecule has 0 spiro atoms. The first-order chi connectivity index (χ1) is 10.8. The Bertz CT molecular complexity index is 672. The van der Waals surface area contributed by atoms with Crippen molar-refractivity contribution in [2.24, 2.45) is 0 Å². The third-order valence-corrected chi connectivity index (χ3v) is 3.70. The Labute approximate surface area is 131 Å². The summed E-state index contributed by atoms with van der Waals surface area (Å²) in [4.78, 5) is 46.0. The predicted molar refractivity (Wildman–Crippen MR) is 77.6 cm³/mol. The van der Waals surface area contributed by atoms with E-state index in [1.807, 2.05) is 0 Å². The van der Waals surface area contributed by atoms with Crippen molar-refractivity contribution >= 4 is 23.6 Å². The zero-order chi connectivity index (χ0) is 17.2. The fraction of sp³-hybridized carbons (Fsp3) is 0.357. The molecule has 1 aliphatic rings. The van der Waals surface area contributed by atoms with Crippen molar-refractivity contribution in [3.8, 4) is 0 Å². The molecule has 9 nitrogen and oxygen atoms in total. The van der Waals surface area contributed by atoms with Crippen LogP contribution in [0.15, 0.2) is 24.3 Å². The fourth-order valence-corrected chi connectivity index (χ4v) is 2.40. The smallest absolute Gasteiger partial charge is 0.325 e. The van der Waals surface area contributed by atoms with Gasteiger partial charge in [0, 0.05) is 25.1 Å². The number of nitro benzene ring substituents is 1. The third-order valence-electron chi connectivity index (χ3n) is 3.70. The van der Waals surface area contributed by atoms with E-state index in [1.54, 1.807) is 0 Å². The van der Waals surface area contributed by atoms with Crippen molar-refractivity contribution in [3.63, 3.8) is 0 Å². The number of hydrogen-bond donors (Lipinski definition) is 2. The number of nitro groups is 1. The Kier molecular flexibility index (Phi) is 4.30. The summed E-state index contributed by atoms with van der Waals surface area (Å²) in [5.41, 5.74) is -1.02. The van der Waals surface area contributed by atoms with Gasteiger partial charge in [0.1, 0.15) is 5.54 Å². The summed E-state index contributed by atoms with van der Waals surface area (Å²) in [7, 11) is 0. The number of non-ortho nitro benzene ring substituents is 1. The Balaban J connectivity index is 2.18. The predicted octanol–water partition coefficient (Wildman–Crippen LogP) is 1.23. The van der Waals surface area contributed by atoms with Crippen LogP contribution in [0.3, 0.4) is 0 Å². The Hall–Kier alpha value is -2.97. The standard InChI is InChI=1S/C14H15N3O6/c1-14(9-4-6-10(7-5-9)17(22)23)12(20)16(13(21)15-14)8-2-3-11(18)19/h4-7H,2-3,8H2,1H3,(H,15,21)(H,18,19). The second kappa shape index (κ2) is 6.03. The number of carbonyl (C=O) groups excluding carboxylic acids is 2. The van der Waals surface area contributed by atoms with Gasteiger partial charge in [-0.2, -0.15) is 0 Å². The van der Waals surface area contributed by atoms with Crippen molar-refractivity contribution in [3.05, 3.63) is 39.9 Å². The second-order valence-electron chi connectivity index (χ2n) is 5.31. The monoisotopic (exact) mass is 321 g/mol. The first-order valence-corrected chi connectivity index (χ1v) is 6.86. The summed E-state index contributed by atoms with van der Waals surface area (Å²) in [6.45, 7) is 1.51. The number of aliphatic carboxylic acids is 1. The van der Waals surface area contributed by atoms with Gasteiger partial charge in [0.15, 0.2) is 0 Å². The highest BCUT2D eigenvalue weighted by molar-refractivity contribution is 6.07. The number of imide groups is 1.